The van der Waals surface area contributed by atoms with Gasteiger partial charge in [0.25, 0.3) is 0 Å². The Morgan fingerprint density at radius 3 is 2.50 bits per heavy atom. The van der Waals surface area contributed by atoms with Crippen LogP contribution >= 0.6 is 0 Å². The van der Waals surface area contributed by atoms with E-state index in [-0.39, 0.29) is 18.6 Å². The van der Waals surface area contributed by atoms with Crippen molar-refractivity contribution in [1.82, 2.24) is 9.58 Å². The van der Waals surface area contributed by atoms with Gasteiger partial charge in [-0.2, -0.15) is 0 Å². The molecule has 2 aromatic rings. The molecule has 1 aromatic heterocycles. The van der Waals surface area contributed by atoms with Gasteiger partial charge in [0, 0.05) is 24.7 Å². The lowest BCUT2D eigenvalue weighted by Crippen LogP contribution is -2.49. The van der Waals surface area contributed by atoms with Crippen molar-refractivity contribution in [2.75, 3.05) is 18.5 Å². The molecule has 3 rings (SSSR count). The molecule has 8 nitrogen and oxygen atoms in total. The second kappa shape index (κ2) is 9.02. The molecule has 2 amide bonds. The van der Waals surface area contributed by atoms with Crippen LogP contribution in [0.5, 0.6) is 0 Å². The first-order chi connectivity index (χ1) is 14.3. The number of rotatable bonds is 6. The Morgan fingerprint density at radius 2 is 1.87 bits per heavy atom. The first kappa shape index (κ1) is 21.4. The van der Waals surface area contributed by atoms with E-state index in [4.69, 9.17) is 9.47 Å². The van der Waals surface area contributed by atoms with Crippen LogP contribution in [0.1, 0.15) is 43.6 Å². The van der Waals surface area contributed by atoms with E-state index in [9.17, 15) is 9.59 Å². The zero-order chi connectivity index (χ0) is 21.7. The van der Waals surface area contributed by atoms with Gasteiger partial charge < -0.3 is 14.4 Å². The Morgan fingerprint density at radius 1 is 1.17 bits per heavy atom. The van der Waals surface area contributed by atoms with E-state index >= 15 is 0 Å². The SMILES string of the molecule is C=NCc1ccc(C2CN(C(=O)OCc3ccccc3)C2)n1NC(=O)OC(C)(C)C. The smallest absolute Gasteiger partial charge is 0.426 e. The summed E-state index contributed by atoms with van der Waals surface area (Å²) in [5.41, 5.74) is 4.78. The predicted molar refractivity (Wildman–Crippen MR) is 114 cm³/mol. The molecule has 1 aliphatic heterocycles. The summed E-state index contributed by atoms with van der Waals surface area (Å²) in [6.45, 7) is 10.6. The Kier molecular flexibility index (Phi) is 6.44. The van der Waals surface area contributed by atoms with Crippen LogP contribution in [-0.4, -0.2) is 47.2 Å². The van der Waals surface area contributed by atoms with Crippen LogP contribution in [0.2, 0.25) is 0 Å². The van der Waals surface area contributed by atoms with Crippen molar-refractivity contribution >= 4 is 18.9 Å². The number of nitrogens with one attached hydrogen (secondary N) is 1. The van der Waals surface area contributed by atoms with Gasteiger partial charge in [0.15, 0.2) is 0 Å². The summed E-state index contributed by atoms with van der Waals surface area (Å²) in [7, 11) is 0. The van der Waals surface area contributed by atoms with Crippen LogP contribution < -0.4 is 5.43 Å². The molecule has 8 heteroatoms. The molecule has 0 aliphatic carbocycles. The number of nitrogens with zero attached hydrogens (tertiary/aromatic N) is 3. The third-order valence-electron chi connectivity index (χ3n) is 4.63. The highest BCUT2D eigenvalue weighted by Gasteiger charge is 2.35. The van der Waals surface area contributed by atoms with E-state index in [1.165, 1.54) is 0 Å². The number of amides is 2. The number of ether oxygens (including phenoxy) is 2. The number of hydrogen-bond acceptors (Lipinski definition) is 5. The summed E-state index contributed by atoms with van der Waals surface area (Å²) < 4.78 is 12.4. The van der Waals surface area contributed by atoms with Crippen molar-refractivity contribution in [2.24, 2.45) is 4.99 Å². The Labute approximate surface area is 176 Å². The molecule has 0 saturated carbocycles. The largest absolute Gasteiger partial charge is 0.445 e. The van der Waals surface area contributed by atoms with Crippen molar-refractivity contribution in [3.8, 4) is 0 Å². The first-order valence-corrected chi connectivity index (χ1v) is 9.85. The fourth-order valence-electron chi connectivity index (χ4n) is 3.21. The van der Waals surface area contributed by atoms with Gasteiger partial charge >= 0.3 is 12.2 Å². The highest BCUT2D eigenvalue weighted by atomic mass is 16.6. The number of hydrogen-bond donors (Lipinski definition) is 1. The molecule has 0 spiro atoms. The number of carbonyl (C=O) groups is 2. The zero-order valence-corrected chi connectivity index (χ0v) is 17.6. The van der Waals surface area contributed by atoms with Crippen LogP contribution in [0, 0.1) is 0 Å². The van der Waals surface area contributed by atoms with E-state index < -0.39 is 11.7 Å². The number of benzene rings is 1. The summed E-state index contributed by atoms with van der Waals surface area (Å²) in [4.78, 5) is 30.1. The highest BCUT2D eigenvalue weighted by molar-refractivity contribution is 5.76. The standard InChI is InChI=1S/C22H28N4O4/c1-22(2,3)30-20(27)24-26-18(12-23-4)10-11-19(26)17-13-25(14-17)21(28)29-15-16-8-6-5-7-9-16/h5-11,17H,4,12-15H2,1-3H3,(H,24,27). The van der Waals surface area contributed by atoms with E-state index in [0.29, 0.717) is 19.6 Å². The zero-order valence-electron chi connectivity index (χ0n) is 17.6. The fourth-order valence-corrected chi connectivity index (χ4v) is 3.21. The minimum absolute atomic E-state index is 0.0720. The predicted octanol–water partition coefficient (Wildman–Crippen LogP) is 3.90. The van der Waals surface area contributed by atoms with Crippen LogP contribution in [0.3, 0.4) is 0 Å². The third-order valence-corrected chi connectivity index (χ3v) is 4.63. The average Bonchev–Trinajstić information content (AvgIpc) is 3.00. The van der Waals surface area contributed by atoms with Crippen molar-refractivity contribution < 1.29 is 19.1 Å². The van der Waals surface area contributed by atoms with Gasteiger partial charge in [0.05, 0.1) is 12.2 Å². The maximum atomic E-state index is 12.3. The molecule has 1 fully saturated rings. The lowest BCUT2D eigenvalue weighted by Gasteiger charge is -2.38. The Hall–Kier alpha value is -3.29. The summed E-state index contributed by atoms with van der Waals surface area (Å²) >= 11 is 0. The number of likely N-dealkylation sites (tertiary alicyclic amines) is 1. The molecule has 1 N–H and O–H groups in total. The molecule has 2 heterocycles. The minimum atomic E-state index is -0.607. The molecule has 1 aromatic carbocycles. The second-order valence-electron chi connectivity index (χ2n) is 8.22. The summed E-state index contributed by atoms with van der Waals surface area (Å²) in [6, 6.07) is 13.4. The molecule has 30 heavy (non-hydrogen) atoms. The van der Waals surface area contributed by atoms with Gasteiger partial charge in [-0.15, -0.1) is 0 Å². The molecular weight excluding hydrogens is 384 g/mol. The van der Waals surface area contributed by atoms with Gasteiger partial charge in [-0.05, 0) is 45.2 Å². The highest BCUT2D eigenvalue weighted by Crippen LogP contribution is 2.29. The number of aliphatic imine (C=N–C) groups is 1. The van der Waals surface area contributed by atoms with Crippen molar-refractivity contribution in [1.29, 1.82) is 0 Å². The van der Waals surface area contributed by atoms with Crippen LogP contribution in [-0.2, 0) is 22.6 Å². The van der Waals surface area contributed by atoms with Crippen molar-refractivity contribution in [3.05, 3.63) is 59.4 Å². The molecule has 0 atom stereocenters. The summed E-state index contributed by atoms with van der Waals surface area (Å²) in [5.74, 6) is 0.0720. The molecule has 0 unspecified atom stereocenters. The minimum Gasteiger partial charge on any atom is -0.445 e. The third kappa shape index (κ3) is 5.40. The second-order valence-corrected chi connectivity index (χ2v) is 8.22. The van der Waals surface area contributed by atoms with E-state index in [1.807, 2.05) is 42.5 Å². The van der Waals surface area contributed by atoms with Crippen molar-refractivity contribution in [3.63, 3.8) is 0 Å². The monoisotopic (exact) mass is 412 g/mol. The molecule has 160 valence electrons. The van der Waals surface area contributed by atoms with Gasteiger partial charge in [0.2, 0.25) is 0 Å². The lowest BCUT2D eigenvalue weighted by atomic mass is 9.97. The van der Waals surface area contributed by atoms with Gasteiger partial charge in [0.1, 0.15) is 12.2 Å². The fraction of sp³-hybridized carbons (Fsp3) is 0.409. The van der Waals surface area contributed by atoms with Crippen LogP contribution in [0.15, 0.2) is 47.5 Å². The lowest BCUT2D eigenvalue weighted by molar-refractivity contribution is 0.0591. The topological polar surface area (TPSA) is 85.2 Å². The summed E-state index contributed by atoms with van der Waals surface area (Å²) in [6.07, 6.45) is -0.898. The normalized spacial score (nSPS) is 14.0. The molecule has 1 aliphatic rings. The average molecular weight is 412 g/mol. The molecule has 1 saturated heterocycles. The summed E-state index contributed by atoms with van der Waals surface area (Å²) in [5, 5.41) is 0. The Bertz CT molecular complexity index is 896. The maximum Gasteiger partial charge on any atom is 0.426 e. The first-order valence-electron chi connectivity index (χ1n) is 9.85. The number of carbonyl (C=O) groups excluding carboxylic acids is 2. The van der Waals surface area contributed by atoms with Gasteiger partial charge in [-0.1, -0.05) is 30.3 Å². The molecular formula is C22H28N4O4. The van der Waals surface area contributed by atoms with Crippen LogP contribution in [0.25, 0.3) is 0 Å². The van der Waals surface area contributed by atoms with Gasteiger partial charge in [-0.3, -0.25) is 9.67 Å². The molecule has 0 bridgehead atoms. The maximum absolute atomic E-state index is 12.3. The van der Waals surface area contributed by atoms with Crippen LogP contribution in [0.4, 0.5) is 9.59 Å². The van der Waals surface area contributed by atoms with E-state index in [2.05, 4.69) is 17.1 Å². The number of aromatic nitrogens is 1. The quantitative estimate of drug-likeness (QED) is 0.729. The van der Waals surface area contributed by atoms with Crippen molar-refractivity contribution in [2.45, 2.75) is 45.4 Å². The van der Waals surface area contributed by atoms with E-state index in [1.54, 1.807) is 30.3 Å². The van der Waals surface area contributed by atoms with E-state index in [0.717, 1.165) is 17.0 Å². The van der Waals surface area contributed by atoms with Gasteiger partial charge in [-0.25, -0.2) is 15.0 Å². The molecule has 0 radical (unpaired) electrons. The Balaban J connectivity index is 1.60.